The summed E-state index contributed by atoms with van der Waals surface area (Å²) in [4.78, 5) is 12.3. The molecule has 1 rings (SSSR count). The van der Waals surface area contributed by atoms with Gasteiger partial charge in [-0.25, -0.2) is 0 Å². The minimum Gasteiger partial charge on any atom is -0.496 e. The van der Waals surface area contributed by atoms with Crippen molar-refractivity contribution in [2.75, 3.05) is 19.4 Å². The standard InChI is InChI=1S/C15H23ClN2O3/c1-9(19)7-15(2,3)8-18-14(20)10-5-11(16)12(17)6-13(10)21-4/h5-6,9,19H,7-8,17H2,1-4H3,(H,18,20). The van der Waals surface area contributed by atoms with Crippen molar-refractivity contribution in [3.63, 3.8) is 0 Å². The molecule has 0 fully saturated rings. The number of carbonyl (C=O) groups is 1. The summed E-state index contributed by atoms with van der Waals surface area (Å²) in [7, 11) is 1.47. The number of amides is 1. The van der Waals surface area contributed by atoms with Crippen LogP contribution < -0.4 is 15.8 Å². The number of nitrogen functional groups attached to an aromatic ring is 1. The average molecular weight is 315 g/mol. The number of rotatable bonds is 6. The van der Waals surface area contributed by atoms with Gasteiger partial charge in [0.1, 0.15) is 5.75 Å². The van der Waals surface area contributed by atoms with E-state index in [1.54, 1.807) is 6.92 Å². The number of aliphatic hydroxyl groups excluding tert-OH is 1. The van der Waals surface area contributed by atoms with Crippen LogP contribution in [0, 0.1) is 5.41 Å². The molecule has 1 aromatic rings. The number of methoxy groups -OCH3 is 1. The number of halogens is 1. The Hall–Kier alpha value is -1.46. The second-order valence-corrected chi connectivity index (χ2v) is 6.38. The minimum atomic E-state index is -0.419. The van der Waals surface area contributed by atoms with Crippen LogP contribution in [-0.4, -0.2) is 30.8 Å². The van der Waals surface area contributed by atoms with Crippen molar-refractivity contribution in [2.24, 2.45) is 5.41 Å². The van der Waals surface area contributed by atoms with Gasteiger partial charge >= 0.3 is 0 Å². The first-order valence-electron chi connectivity index (χ1n) is 6.75. The number of carbonyl (C=O) groups excluding carboxylic acids is 1. The van der Waals surface area contributed by atoms with Crippen molar-refractivity contribution >= 4 is 23.2 Å². The molecule has 0 saturated carbocycles. The van der Waals surface area contributed by atoms with E-state index >= 15 is 0 Å². The Balaban J connectivity index is 2.83. The Morgan fingerprint density at radius 1 is 1.52 bits per heavy atom. The quantitative estimate of drug-likeness (QED) is 0.704. The van der Waals surface area contributed by atoms with Crippen LogP contribution in [0.25, 0.3) is 0 Å². The highest BCUT2D eigenvalue weighted by molar-refractivity contribution is 6.33. The summed E-state index contributed by atoms with van der Waals surface area (Å²) in [5, 5.41) is 12.6. The topological polar surface area (TPSA) is 84.6 Å². The van der Waals surface area contributed by atoms with Crippen LogP contribution in [-0.2, 0) is 0 Å². The molecular formula is C15H23ClN2O3. The highest BCUT2D eigenvalue weighted by atomic mass is 35.5. The molecule has 1 amide bonds. The molecule has 4 N–H and O–H groups in total. The van der Waals surface area contributed by atoms with Gasteiger partial charge in [-0.15, -0.1) is 0 Å². The van der Waals surface area contributed by atoms with E-state index in [0.29, 0.717) is 35.0 Å². The molecule has 0 aliphatic rings. The van der Waals surface area contributed by atoms with Crippen LogP contribution in [0.2, 0.25) is 5.02 Å². The Labute approximate surface area is 130 Å². The largest absolute Gasteiger partial charge is 0.496 e. The predicted molar refractivity (Wildman–Crippen MR) is 84.8 cm³/mol. The fourth-order valence-electron chi connectivity index (χ4n) is 2.20. The first kappa shape index (κ1) is 17.6. The van der Waals surface area contributed by atoms with Gasteiger partial charge in [-0.05, 0) is 24.8 Å². The van der Waals surface area contributed by atoms with E-state index in [1.807, 2.05) is 13.8 Å². The van der Waals surface area contributed by atoms with E-state index in [-0.39, 0.29) is 11.3 Å². The van der Waals surface area contributed by atoms with Gasteiger partial charge in [0.15, 0.2) is 0 Å². The van der Waals surface area contributed by atoms with E-state index in [1.165, 1.54) is 19.2 Å². The third kappa shape index (κ3) is 5.10. The number of aliphatic hydroxyl groups is 1. The number of nitrogens with two attached hydrogens (primary N) is 1. The first-order chi connectivity index (χ1) is 9.66. The number of hydrogen-bond acceptors (Lipinski definition) is 4. The van der Waals surface area contributed by atoms with E-state index < -0.39 is 6.10 Å². The van der Waals surface area contributed by atoms with Crippen molar-refractivity contribution < 1.29 is 14.6 Å². The number of ether oxygens (including phenoxy) is 1. The maximum Gasteiger partial charge on any atom is 0.255 e. The van der Waals surface area contributed by atoms with Crippen LogP contribution in [0.1, 0.15) is 37.6 Å². The van der Waals surface area contributed by atoms with Crippen LogP contribution >= 0.6 is 11.6 Å². The fraction of sp³-hybridized carbons (Fsp3) is 0.533. The molecule has 0 radical (unpaired) electrons. The molecular weight excluding hydrogens is 292 g/mol. The summed E-state index contributed by atoms with van der Waals surface area (Å²) in [5.74, 6) is 0.0927. The zero-order chi connectivity index (χ0) is 16.2. The Morgan fingerprint density at radius 3 is 2.67 bits per heavy atom. The molecule has 0 aliphatic heterocycles. The third-order valence-electron chi connectivity index (χ3n) is 3.14. The molecule has 6 heteroatoms. The third-order valence-corrected chi connectivity index (χ3v) is 3.47. The molecule has 1 unspecified atom stereocenters. The van der Waals surface area contributed by atoms with Gasteiger partial charge < -0.3 is 20.9 Å². The highest BCUT2D eigenvalue weighted by Crippen LogP contribution is 2.29. The molecule has 0 aliphatic carbocycles. The Kier molecular flexibility index (Phi) is 5.87. The summed E-state index contributed by atoms with van der Waals surface area (Å²) >= 11 is 5.95. The van der Waals surface area contributed by atoms with Gasteiger partial charge in [-0.3, -0.25) is 4.79 Å². The predicted octanol–water partition coefficient (Wildman–Crippen LogP) is 2.46. The minimum absolute atomic E-state index is 0.214. The fourth-order valence-corrected chi connectivity index (χ4v) is 2.37. The summed E-state index contributed by atoms with van der Waals surface area (Å²) in [5.41, 5.74) is 6.18. The van der Waals surface area contributed by atoms with E-state index in [0.717, 1.165) is 0 Å². The summed E-state index contributed by atoms with van der Waals surface area (Å²) in [6, 6.07) is 3.02. The normalized spacial score (nSPS) is 12.9. The highest BCUT2D eigenvalue weighted by Gasteiger charge is 2.22. The second kappa shape index (κ2) is 7.00. The van der Waals surface area contributed by atoms with Crippen LogP contribution in [0.3, 0.4) is 0 Å². The number of nitrogens with one attached hydrogen (secondary N) is 1. The van der Waals surface area contributed by atoms with Gasteiger partial charge in [0.25, 0.3) is 5.91 Å². The number of benzene rings is 1. The lowest BCUT2D eigenvalue weighted by Gasteiger charge is -2.26. The average Bonchev–Trinajstić information content (AvgIpc) is 2.37. The zero-order valence-corrected chi connectivity index (χ0v) is 13.6. The van der Waals surface area contributed by atoms with Crippen molar-refractivity contribution in [3.8, 4) is 5.75 Å². The Bertz CT molecular complexity index is 516. The zero-order valence-electron chi connectivity index (χ0n) is 12.9. The molecule has 5 nitrogen and oxygen atoms in total. The maximum atomic E-state index is 12.3. The second-order valence-electron chi connectivity index (χ2n) is 5.97. The lowest BCUT2D eigenvalue weighted by atomic mass is 9.87. The number of anilines is 1. The van der Waals surface area contributed by atoms with Crippen LogP contribution in [0.5, 0.6) is 5.75 Å². The molecule has 0 bridgehead atoms. The van der Waals surface area contributed by atoms with Gasteiger partial charge in [0, 0.05) is 12.6 Å². The van der Waals surface area contributed by atoms with E-state index in [4.69, 9.17) is 22.1 Å². The van der Waals surface area contributed by atoms with Crippen molar-refractivity contribution in [3.05, 3.63) is 22.7 Å². The molecule has 0 aromatic heterocycles. The smallest absolute Gasteiger partial charge is 0.255 e. The lowest BCUT2D eigenvalue weighted by Crippen LogP contribution is -2.35. The summed E-state index contributed by atoms with van der Waals surface area (Å²) < 4.78 is 5.16. The molecule has 118 valence electrons. The SMILES string of the molecule is COc1cc(N)c(Cl)cc1C(=O)NCC(C)(C)CC(C)O. The monoisotopic (exact) mass is 314 g/mol. The Morgan fingerprint density at radius 2 is 2.14 bits per heavy atom. The molecule has 0 saturated heterocycles. The number of hydrogen-bond donors (Lipinski definition) is 3. The molecule has 1 aromatic carbocycles. The van der Waals surface area contributed by atoms with Crippen LogP contribution in [0.15, 0.2) is 12.1 Å². The van der Waals surface area contributed by atoms with Gasteiger partial charge in [0.05, 0.1) is 29.5 Å². The maximum absolute atomic E-state index is 12.3. The first-order valence-corrected chi connectivity index (χ1v) is 7.13. The van der Waals surface area contributed by atoms with E-state index in [9.17, 15) is 9.90 Å². The molecule has 21 heavy (non-hydrogen) atoms. The van der Waals surface area contributed by atoms with Crippen LogP contribution in [0.4, 0.5) is 5.69 Å². The van der Waals surface area contributed by atoms with Gasteiger partial charge in [-0.2, -0.15) is 0 Å². The van der Waals surface area contributed by atoms with E-state index in [2.05, 4.69) is 5.32 Å². The molecule has 1 atom stereocenters. The van der Waals surface area contributed by atoms with Gasteiger partial charge in [-0.1, -0.05) is 25.4 Å². The molecule has 0 heterocycles. The van der Waals surface area contributed by atoms with Crippen molar-refractivity contribution in [1.29, 1.82) is 0 Å². The summed E-state index contributed by atoms with van der Waals surface area (Å²) in [6.07, 6.45) is 0.171. The van der Waals surface area contributed by atoms with Gasteiger partial charge in [0.2, 0.25) is 0 Å². The van der Waals surface area contributed by atoms with Crippen molar-refractivity contribution in [2.45, 2.75) is 33.3 Å². The lowest BCUT2D eigenvalue weighted by molar-refractivity contribution is 0.0899. The van der Waals surface area contributed by atoms with Crippen molar-refractivity contribution in [1.82, 2.24) is 5.32 Å². The summed E-state index contributed by atoms with van der Waals surface area (Å²) in [6.45, 7) is 6.12. The molecule has 0 spiro atoms.